The van der Waals surface area contributed by atoms with E-state index in [1.165, 1.54) is 12.5 Å². The summed E-state index contributed by atoms with van der Waals surface area (Å²) in [5, 5.41) is 0.450. The molecule has 7 heteroatoms. The number of Topliss-reactive ketones (excluding diaryl/α,β-unsaturated/α-hetero) is 1. The maximum Gasteiger partial charge on any atom is 0.181 e. The summed E-state index contributed by atoms with van der Waals surface area (Å²) < 4.78 is 37.7. The van der Waals surface area contributed by atoms with E-state index >= 15 is 0 Å². The van der Waals surface area contributed by atoms with Crippen LogP contribution in [-0.2, 0) is 17.6 Å². The number of carbonyl (C=O) groups is 1. The highest BCUT2D eigenvalue weighted by atomic mass is 35.5. The number of rotatable bonds is 4. The molecule has 1 aliphatic rings. The molecular weight excluding hydrogens is 376 g/mol. The fraction of sp³-hybridized carbons (Fsp3) is 0.200. The van der Waals surface area contributed by atoms with Crippen LogP contribution in [0.1, 0.15) is 11.1 Å². The number of ether oxygens (including phenoxy) is 1. The van der Waals surface area contributed by atoms with Crippen molar-refractivity contribution in [2.75, 3.05) is 6.61 Å². The molecule has 138 valence electrons. The van der Waals surface area contributed by atoms with Gasteiger partial charge in [-0.3, -0.25) is 4.79 Å². The lowest BCUT2D eigenvalue weighted by Crippen LogP contribution is -2.30. The van der Waals surface area contributed by atoms with Crippen LogP contribution in [0.3, 0.4) is 0 Å². The van der Waals surface area contributed by atoms with Gasteiger partial charge in [0.25, 0.3) is 0 Å². The summed E-state index contributed by atoms with van der Waals surface area (Å²) >= 11 is 6.28. The van der Waals surface area contributed by atoms with Gasteiger partial charge in [0.2, 0.25) is 0 Å². The zero-order valence-electron chi connectivity index (χ0n) is 14.0. The van der Waals surface area contributed by atoms with Gasteiger partial charge < -0.3 is 9.15 Å². The molecule has 3 aromatic rings. The molecule has 27 heavy (non-hydrogen) atoms. The van der Waals surface area contributed by atoms with E-state index in [9.17, 15) is 13.6 Å². The van der Waals surface area contributed by atoms with Gasteiger partial charge in [-0.1, -0.05) is 17.7 Å². The summed E-state index contributed by atoms with van der Waals surface area (Å²) in [6, 6.07) is 7.25. The molecule has 0 N–H and O–H groups in total. The van der Waals surface area contributed by atoms with E-state index in [1.54, 1.807) is 24.4 Å². The van der Waals surface area contributed by atoms with Crippen LogP contribution in [0, 0.1) is 17.6 Å². The third-order valence-corrected chi connectivity index (χ3v) is 4.86. The van der Waals surface area contributed by atoms with E-state index in [1.807, 2.05) is 0 Å². The van der Waals surface area contributed by atoms with E-state index in [0.717, 1.165) is 11.6 Å². The lowest BCUT2D eigenvalue weighted by atomic mass is 9.90. The van der Waals surface area contributed by atoms with Crippen LogP contribution in [0.4, 0.5) is 8.78 Å². The van der Waals surface area contributed by atoms with Crippen molar-refractivity contribution >= 4 is 17.4 Å². The molecule has 1 unspecified atom stereocenters. The van der Waals surface area contributed by atoms with Gasteiger partial charge in [-0.15, -0.1) is 0 Å². The number of ketones is 1. The third kappa shape index (κ3) is 3.57. The lowest BCUT2D eigenvalue weighted by molar-refractivity contribution is -0.123. The molecule has 0 fully saturated rings. The monoisotopic (exact) mass is 389 g/mol. The van der Waals surface area contributed by atoms with E-state index in [-0.39, 0.29) is 31.0 Å². The van der Waals surface area contributed by atoms with Gasteiger partial charge in [0.15, 0.2) is 23.7 Å². The number of carbonyl (C=O) groups excluding carboxylic acids is 1. The molecule has 4 rings (SSSR count). The van der Waals surface area contributed by atoms with Crippen molar-refractivity contribution in [3.8, 4) is 17.1 Å². The molecule has 0 radical (unpaired) electrons. The minimum absolute atomic E-state index is 0.0277. The van der Waals surface area contributed by atoms with Crippen LogP contribution < -0.4 is 4.74 Å². The molecule has 1 aromatic heterocycles. The summed E-state index contributed by atoms with van der Waals surface area (Å²) in [6.07, 6.45) is 3.26. The minimum atomic E-state index is -0.745. The number of benzene rings is 2. The van der Waals surface area contributed by atoms with Crippen molar-refractivity contribution < 1.29 is 22.7 Å². The fourth-order valence-electron chi connectivity index (χ4n) is 3.20. The first-order valence-corrected chi connectivity index (χ1v) is 8.70. The maximum atomic E-state index is 13.7. The predicted octanol–water partition coefficient (Wildman–Crippen LogP) is 4.64. The quantitative estimate of drug-likeness (QED) is 0.652. The number of fused-ring (bicyclic) bond motifs is 1. The van der Waals surface area contributed by atoms with Crippen molar-refractivity contribution in [1.29, 1.82) is 0 Å². The van der Waals surface area contributed by atoms with E-state index in [0.29, 0.717) is 21.9 Å². The van der Waals surface area contributed by atoms with Crippen LogP contribution in [0.15, 0.2) is 47.3 Å². The Bertz CT molecular complexity index is 1000. The zero-order valence-corrected chi connectivity index (χ0v) is 14.8. The van der Waals surface area contributed by atoms with Crippen LogP contribution >= 0.6 is 11.6 Å². The second-order valence-corrected chi connectivity index (χ2v) is 6.82. The first-order valence-electron chi connectivity index (χ1n) is 8.32. The molecule has 0 amide bonds. The summed E-state index contributed by atoms with van der Waals surface area (Å²) in [4.78, 5) is 16.5. The molecule has 2 heterocycles. The highest BCUT2D eigenvalue weighted by Gasteiger charge is 2.28. The van der Waals surface area contributed by atoms with Gasteiger partial charge in [-0.05, 0) is 30.2 Å². The first-order chi connectivity index (χ1) is 13.0. The average molecular weight is 390 g/mol. The topological polar surface area (TPSA) is 52.3 Å². The van der Waals surface area contributed by atoms with Gasteiger partial charge in [0.05, 0.1) is 23.7 Å². The van der Waals surface area contributed by atoms with Crippen molar-refractivity contribution in [2.45, 2.75) is 12.8 Å². The van der Waals surface area contributed by atoms with Crippen molar-refractivity contribution in [1.82, 2.24) is 4.98 Å². The summed E-state index contributed by atoms with van der Waals surface area (Å²) in [5.74, 6) is -1.40. The smallest absolute Gasteiger partial charge is 0.181 e. The predicted molar refractivity (Wildman–Crippen MR) is 94.7 cm³/mol. The first kappa shape index (κ1) is 17.7. The molecule has 0 bridgehead atoms. The summed E-state index contributed by atoms with van der Waals surface area (Å²) in [7, 11) is 0. The molecule has 0 spiro atoms. The van der Waals surface area contributed by atoms with Crippen molar-refractivity contribution in [2.24, 2.45) is 5.92 Å². The van der Waals surface area contributed by atoms with Gasteiger partial charge in [-0.25, -0.2) is 13.8 Å². The SMILES string of the molecule is O=C(Cc1ccc(-c2cnco2)c(Cl)c1)C1COc2c(F)cc(F)cc2C1. The zero-order chi connectivity index (χ0) is 19.0. The van der Waals surface area contributed by atoms with E-state index in [2.05, 4.69) is 4.98 Å². The number of aromatic nitrogens is 1. The summed E-state index contributed by atoms with van der Waals surface area (Å²) in [6.45, 7) is 0.0677. The largest absolute Gasteiger partial charge is 0.489 e. The Morgan fingerprint density at radius 2 is 2.11 bits per heavy atom. The molecule has 0 saturated carbocycles. The molecule has 1 atom stereocenters. The Morgan fingerprint density at radius 3 is 2.85 bits per heavy atom. The van der Waals surface area contributed by atoms with Crippen LogP contribution in [0.5, 0.6) is 5.75 Å². The van der Waals surface area contributed by atoms with Gasteiger partial charge in [0, 0.05) is 23.6 Å². The number of oxazole rings is 1. The minimum Gasteiger partial charge on any atom is -0.489 e. The van der Waals surface area contributed by atoms with Crippen LogP contribution in [0.2, 0.25) is 5.02 Å². The van der Waals surface area contributed by atoms with E-state index < -0.39 is 17.6 Å². The normalized spacial score (nSPS) is 15.9. The Balaban J connectivity index is 1.49. The fourth-order valence-corrected chi connectivity index (χ4v) is 3.50. The summed E-state index contributed by atoms with van der Waals surface area (Å²) in [5.41, 5.74) is 1.80. The lowest BCUT2D eigenvalue weighted by Gasteiger charge is -2.24. The number of hydrogen-bond acceptors (Lipinski definition) is 4. The molecule has 1 aliphatic heterocycles. The standard InChI is InChI=1S/C20H14ClF2NO3/c21-16-3-11(1-2-15(16)19-8-24-10-27-19)4-18(25)13-5-12-6-14(22)7-17(23)20(12)26-9-13/h1-3,6-8,10,13H,4-5,9H2. The Hall–Kier alpha value is -2.73. The number of hydrogen-bond donors (Lipinski definition) is 0. The maximum absolute atomic E-state index is 13.7. The number of nitrogens with zero attached hydrogens (tertiary/aromatic N) is 1. The van der Waals surface area contributed by atoms with Crippen molar-refractivity contribution in [3.05, 3.63) is 70.7 Å². The third-order valence-electron chi connectivity index (χ3n) is 4.55. The Labute approximate surface area is 158 Å². The molecule has 4 nitrogen and oxygen atoms in total. The molecule has 0 aliphatic carbocycles. The van der Waals surface area contributed by atoms with Gasteiger partial charge >= 0.3 is 0 Å². The highest BCUT2D eigenvalue weighted by Crippen LogP contribution is 2.32. The molecule has 0 saturated heterocycles. The molecule has 2 aromatic carbocycles. The van der Waals surface area contributed by atoms with E-state index in [4.69, 9.17) is 20.8 Å². The van der Waals surface area contributed by atoms with Gasteiger partial charge in [0.1, 0.15) is 11.6 Å². The second-order valence-electron chi connectivity index (χ2n) is 6.41. The van der Waals surface area contributed by atoms with Crippen molar-refractivity contribution in [3.63, 3.8) is 0 Å². The molecular formula is C20H14ClF2NO3. The number of halogens is 3. The Kier molecular flexibility index (Phi) is 4.66. The van der Waals surface area contributed by atoms with Crippen LogP contribution in [0.25, 0.3) is 11.3 Å². The Morgan fingerprint density at radius 1 is 1.26 bits per heavy atom. The highest BCUT2D eigenvalue weighted by molar-refractivity contribution is 6.33. The van der Waals surface area contributed by atoms with Gasteiger partial charge in [-0.2, -0.15) is 0 Å². The second kappa shape index (κ2) is 7.12. The van der Waals surface area contributed by atoms with Crippen LogP contribution in [-0.4, -0.2) is 17.4 Å². The average Bonchev–Trinajstić information content (AvgIpc) is 3.15.